The summed E-state index contributed by atoms with van der Waals surface area (Å²) in [7, 11) is 0. The van der Waals surface area contributed by atoms with E-state index in [1.165, 1.54) is 18.5 Å². The van der Waals surface area contributed by atoms with Crippen LogP contribution in [-0.4, -0.2) is 26.2 Å². The molecule has 0 unspecified atom stereocenters. The molecule has 2 heterocycles. The molecule has 0 aromatic carbocycles. The van der Waals surface area contributed by atoms with Crippen LogP contribution in [0.3, 0.4) is 0 Å². The number of amides is 1. The van der Waals surface area contributed by atoms with Gasteiger partial charge in [0.1, 0.15) is 11.6 Å². The Labute approximate surface area is 85.0 Å². The molecule has 2 rings (SSSR count). The number of carbonyl (C=O) groups excluding carboxylic acids is 1. The number of pyridine rings is 1. The third-order valence-corrected chi connectivity index (χ3v) is 1.75. The number of nitrogens with zero attached hydrogens (tertiary/aromatic N) is 2. The molecule has 2 aromatic rings. The number of anilines is 1. The van der Waals surface area contributed by atoms with Crippen molar-refractivity contribution >= 4 is 11.7 Å². The molecule has 1 amide bonds. The van der Waals surface area contributed by atoms with E-state index in [1.54, 1.807) is 12.1 Å². The van der Waals surface area contributed by atoms with Crippen LogP contribution >= 0.6 is 0 Å². The molecule has 0 saturated heterocycles. The van der Waals surface area contributed by atoms with Crippen molar-refractivity contribution in [3.63, 3.8) is 0 Å². The summed E-state index contributed by atoms with van der Waals surface area (Å²) in [5.74, 6) is -0.197. The van der Waals surface area contributed by atoms with Crippen molar-refractivity contribution in [3.8, 4) is 5.75 Å². The van der Waals surface area contributed by atoms with Crippen LogP contribution in [0.15, 0.2) is 30.6 Å². The smallest absolute Gasteiger partial charge is 0.279 e. The normalized spacial score (nSPS) is 9.87. The summed E-state index contributed by atoms with van der Waals surface area (Å²) in [6, 6.07) is 4.54. The van der Waals surface area contributed by atoms with Crippen molar-refractivity contribution in [2.75, 3.05) is 5.32 Å². The zero-order valence-corrected chi connectivity index (χ0v) is 7.64. The number of carbonyl (C=O) groups is 1. The number of nitrogens with one attached hydrogen (secondary N) is 2. The van der Waals surface area contributed by atoms with E-state index in [9.17, 15) is 9.90 Å². The summed E-state index contributed by atoms with van der Waals surface area (Å²) < 4.78 is 0. The maximum absolute atomic E-state index is 11.6. The summed E-state index contributed by atoms with van der Waals surface area (Å²) in [5, 5.41) is 18.1. The monoisotopic (exact) mass is 204 g/mol. The Morgan fingerprint density at radius 2 is 2.27 bits per heavy atom. The quantitative estimate of drug-likeness (QED) is 0.673. The first-order valence-corrected chi connectivity index (χ1v) is 4.22. The maximum Gasteiger partial charge on any atom is 0.279 e. The lowest BCUT2D eigenvalue weighted by atomic mass is 10.3. The van der Waals surface area contributed by atoms with Crippen molar-refractivity contribution in [1.29, 1.82) is 0 Å². The minimum absolute atomic E-state index is 0.0212. The highest BCUT2D eigenvalue weighted by Crippen LogP contribution is 2.13. The molecule has 0 aliphatic heterocycles. The Kier molecular flexibility index (Phi) is 2.32. The number of aromatic amines is 1. The summed E-state index contributed by atoms with van der Waals surface area (Å²) >= 11 is 0. The standard InChI is InChI=1S/C9H8N4O2/c14-6-2-1-4-10-8(6)9(15)12-7-3-5-11-13-7/h1-5,14H,(H2,11,12,13,15). The average Bonchev–Trinajstić information content (AvgIpc) is 2.71. The molecule has 15 heavy (non-hydrogen) atoms. The van der Waals surface area contributed by atoms with Crippen LogP contribution in [-0.2, 0) is 0 Å². The molecule has 2 aromatic heterocycles. The summed E-state index contributed by atoms with van der Waals surface area (Å²) in [6.07, 6.45) is 2.94. The Morgan fingerprint density at radius 3 is 2.93 bits per heavy atom. The van der Waals surface area contributed by atoms with Gasteiger partial charge in [0, 0.05) is 12.3 Å². The minimum Gasteiger partial charge on any atom is -0.505 e. The van der Waals surface area contributed by atoms with Crippen molar-refractivity contribution in [2.24, 2.45) is 0 Å². The van der Waals surface area contributed by atoms with Crippen LogP contribution < -0.4 is 5.32 Å². The second-order valence-corrected chi connectivity index (χ2v) is 2.80. The lowest BCUT2D eigenvalue weighted by molar-refractivity contribution is 0.101. The first-order chi connectivity index (χ1) is 7.27. The average molecular weight is 204 g/mol. The third kappa shape index (κ3) is 1.93. The Bertz CT molecular complexity index is 467. The zero-order valence-electron chi connectivity index (χ0n) is 7.64. The van der Waals surface area contributed by atoms with Crippen molar-refractivity contribution < 1.29 is 9.90 Å². The van der Waals surface area contributed by atoms with Crippen LogP contribution in [0.1, 0.15) is 10.5 Å². The molecule has 0 aliphatic rings. The molecule has 0 fully saturated rings. The van der Waals surface area contributed by atoms with Crippen LogP contribution in [0, 0.1) is 0 Å². The Hall–Kier alpha value is -2.37. The Morgan fingerprint density at radius 1 is 1.40 bits per heavy atom. The van der Waals surface area contributed by atoms with Crippen LogP contribution in [0.2, 0.25) is 0 Å². The van der Waals surface area contributed by atoms with Crippen LogP contribution in [0.4, 0.5) is 5.82 Å². The molecule has 0 atom stereocenters. The first kappa shape index (κ1) is 9.20. The predicted octanol–water partition coefficient (Wildman–Crippen LogP) is 0.763. The SMILES string of the molecule is O=C(Nc1ccn[nH]1)c1ncccc1O. The van der Waals surface area contributed by atoms with E-state index in [1.807, 2.05) is 0 Å². The lowest BCUT2D eigenvalue weighted by Gasteiger charge is -2.02. The molecule has 0 spiro atoms. The molecule has 6 heteroatoms. The van der Waals surface area contributed by atoms with E-state index in [0.717, 1.165) is 0 Å². The van der Waals surface area contributed by atoms with Gasteiger partial charge in [-0.1, -0.05) is 0 Å². The summed E-state index contributed by atoms with van der Waals surface area (Å²) in [6.45, 7) is 0. The van der Waals surface area contributed by atoms with Gasteiger partial charge in [0.25, 0.3) is 5.91 Å². The predicted molar refractivity (Wildman–Crippen MR) is 52.4 cm³/mol. The van der Waals surface area contributed by atoms with Gasteiger partial charge in [0.05, 0.1) is 6.20 Å². The van der Waals surface area contributed by atoms with E-state index in [0.29, 0.717) is 5.82 Å². The van der Waals surface area contributed by atoms with Gasteiger partial charge >= 0.3 is 0 Å². The molecule has 76 valence electrons. The number of aromatic hydroxyl groups is 1. The van der Waals surface area contributed by atoms with Gasteiger partial charge in [0.2, 0.25) is 0 Å². The highest BCUT2D eigenvalue weighted by atomic mass is 16.3. The topological polar surface area (TPSA) is 90.9 Å². The lowest BCUT2D eigenvalue weighted by Crippen LogP contribution is -2.13. The van der Waals surface area contributed by atoms with Gasteiger partial charge in [-0.25, -0.2) is 4.98 Å². The van der Waals surface area contributed by atoms with Gasteiger partial charge in [-0.3, -0.25) is 9.89 Å². The Balaban J connectivity index is 2.19. The molecule has 3 N–H and O–H groups in total. The second-order valence-electron chi connectivity index (χ2n) is 2.80. The molecular formula is C9H8N4O2. The van der Waals surface area contributed by atoms with Crippen molar-refractivity contribution in [1.82, 2.24) is 15.2 Å². The fourth-order valence-corrected chi connectivity index (χ4v) is 1.08. The van der Waals surface area contributed by atoms with E-state index in [-0.39, 0.29) is 11.4 Å². The largest absolute Gasteiger partial charge is 0.505 e. The van der Waals surface area contributed by atoms with Crippen LogP contribution in [0.5, 0.6) is 5.75 Å². The van der Waals surface area contributed by atoms with E-state index < -0.39 is 5.91 Å². The fourth-order valence-electron chi connectivity index (χ4n) is 1.08. The van der Waals surface area contributed by atoms with E-state index in [2.05, 4.69) is 20.5 Å². The first-order valence-electron chi connectivity index (χ1n) is 4.22. The number of rotatable bonds is 2. The summed E-state index contributed by atoms with van der Waals surface area (Å²) in [5.41, 5.74) is -0.0212. The number of aromatic nitrogens is 3. The molecule has 0 radical (unpaired) electrons. The maximum atomic E-state index is 11.6. The third-order valence-electron chi connectivity index (χ3n) is 1.75. The molecule has 0 aliphatic carbocycles. The van der Waals surface area contributed by atoms with Gasteiger partial charge in [-0.2, -0.15) is 5.10 Å². The van der Waals surface area contributed by atoms with Crippen LogP contribution in [0.25, 0.3) is 0 Å². The van der Waals surface area contributed by atoms with E-state index in [4.69, 9.17) is 0 Å². The molecule has 0 bridgehead atoms. The molecule has 6 nitrogen and oxygen atoms in total. The minimum atomic E-state index is -0.489. The second kappa shape index (κ2) is 3.79. The number of H-pyrrole nitrogens is 1. The van der Waals surface area contributed by atoms with Gasteiger partial charge in [-0.05, 0) is 12.1 Å². The van der Waals surface area contributed by atoms with Gasteiger partial charge < -0.3 is 10.4 Å². The van der Waals surface area contributed by atoms with E-state index >= 15 is 0 Å². The van der Waals surface area contributed by atoms with Crippen molar-refractivity contribution in [3.05, 3.63) is 36.3 Å². The molecular weight excluding hydrogens is 196 g/mol. The zero-order chi connectivity index (χ0) is 10.7. The highest BCUT2D eigenvalue weighted by molar-refractivity contribution is 6.04. The van der Waals surface area contributed by atoms with Gasteiger partial charge in [0.15, 0.2) is 5.69 Å². The van der Waals surface area contributed by atoms with Crippen molar-refractivity contribution in [2.45, 2.75) is 0 Å². The number of hydrogen-bond acceptors (Lipinski definition) is 4. The highest BCUT2D eigenvalue weighted by Gasteiger charge is 2.12. The van der Waals surface area contributed by atoms with Gasteiger partial charge in [-0.15, -0.1) is 0 Å². The number of hydrogen-bond donors (Lipinski definition) is 3. The summed E-state index contributed by atoms with van der Waals surface area (Å²) in [4.78, 5) is 15.3. The molecule has 0 saturated carbocycles. The fraction of sp³-hybridized carbons (Fsp3) is 0.